The molecule has 0 aliphatic rings. The molecule has 4 aromatic rings. The zero-order valence-electron chi connectivity index (χ0n) is 18.1. The summed E-state index contributed by atoms with van der Waals surface area (Å²) in [6.07, 6.45) is 0.175. The molecule has 0 fully saturated rings. The molecule has 33 heavy (non-hydrogen) atoms. The molecule has 0 atom stereocenters. The maximum Gasteiger partial charge on any atom is 0.268 e. The van der Waals surface area contributed by atoms with Crippen molar-refractivity contribution in [2.24, 2.45) is 0 Å². The highest BCUT2D eigenvalue weighted by Crippen LogP contribution is 2.23. The first-order valence-corrected chi connectivity index (χ1v) is 11.4. The SMILES string of the molecule is Cc1cccc(CN(C(=O)c2cccs2)c2ccc(CC(=O)Nc3ccc(F)cc3)cc2)c1. The molecule has 0 saturated carbocycles. The number of hydrogen-bond acceptors (Lipinski definition) is 3. The second-order valence-electron chi connectivity index (χ2n) is 7.76. The first kappa shape index (κ1) is 22.4. The van der Waals surface area contributed by atoms with Crippen LogP contribution in [0.25, 0.3) is 0 Å². The summed E-state index contributed by atoms with van der Waals surface area (Å²) >= 11 is 1.41. The van der Waals surface area contributed by atoms with Gasteiger partial charge in [-0.3, -0.25) is 9.59 Å². The van der Waals surface area contributed by atoms with Crippen molar-refractivity contribution in [2.45, 2.75) is 19.9 Å². The van der Waals surface area contributed by atoms with E-state index in [1.54, 1.807) is 4.90 Å². The van der Waals surface area contributed by atoms with E-state index in [4.69, 9.17) is 0 Å². The van der Waals surface area contributed by atoms with Gasteiger partial charge in [0.2, 0.25) is 5.91 Å². The summed E-state index contributed by atoms with van der Waals surface area (Å²) < 4.78 is 13.0. The van der Waals surface area contributed by atoms with E-state index in [1.807, 2.05) is 66.9 Å². The van der Waals surface area contributed by atoms with Crippen LogP contribution in [-0.4, -0.2) is 11.8 Å². The number of thiophene rings is 1. The topological polar surface area (TPSA) is 49.4 Å². The molecule has 0 radical (unpaired) electrons. The van der Waals surface area contributed by atoms with Gasteiger partial charge in [0.15, 0.2) is 0 Å². The lowest BCUT2D eigenvalue weighted by Crippen LogP contribution is -2.29. The molecule has 0 spiro atoms. The number of halogens is 1. The minimum Gasteiger partial charge on any atom is -0.326 e. The first-order valence-electron chi connectivity index (χ1n) is 10.5. The van der Waals surface area contributed by atoms with Gasteiger partial charge in [0.05, 0.1) is 17.8 Å². The number of carbonyl (C=O) groups is 2. The van der Waals surface area contributed by atoms with E-state index in [0.29, 0.717) is 17.1 Å². The third kappa shape index (κ3) is 5.93. The molecular weight excluding hydrogens is 435 g/mol. The van der Waals surface area contributed by atoms with Crippen LogP contribution in [-0.2, 0) is 17.8 Å². The molecule has 0 aliphatic carbocycles. The zero-order chi connectivity index (χ0) is 23.2. The van der Waals surface area contributed by atoms with Gasteiger partial charge in [0.25, 0.3) is 5.91 Å². The number of anilines is 2. The lowest BCUT2D eigenvalue weighted by Gasteiger charge is -2.23. The molecule has 3 aromatic carbocycles. The van der Waals surface area contributed by atoms with Crippen molar-refractivity contribution in [2.75, 3.05) is 10.2 Å². The van der Waals surface area contributed by atoms with Crippen LogP contribution in [0, 0.1) is 12.7 Å². The minimum atomic E-state index is -0.351. The van der Waals surface area contributed by atoms with Crippen LogP contribution in [0.1, 0.15) is 26.4 Å². The lowest BCUT2D eigenvalue weighted by atomic mass is 10.1. The molecule has 1 N–H and O–H groups in total. The summed E-state index contributed by atoms with van der Waals surface area (Å²) in [5, 5.41) is 4.65. The number of hydrogen-bond donors (Lipinski definition) is 1. The van der Waals surface area contributed by atoms with E-state index in [1.165, 1.54) is 35.6 Å². The van der Waals surface area contributed by atoms with Gasteiger partial charge < -0.3 is 10.2 Å². The van der Waals surface area contributed by atoms with Crippen LogP contribution in [0.15, 0.2) is 90.3 Å². The summed E-state index contributed by atoms with van der Waals surface area (Å²) in [5.74, 6) is -0.607. The fourth-order valence-electron chi connectivity index (χ4n) is 3.52. The molecule has 0 bridgehead atoms. The number of benzene rings is 3. The largest absolute Gasteiger partial charge is 0.326 e. The average Bonchev–Trinajstić information content (AvgIpc) is 3.34. The van der Waals surface area contributed by atoms with Crippen molar-refractivity contribution < 1.29 is 14.0 Å². The highest BCUT2D eigenvalue weighted by atomic mass is 32.1. The Morgan fingerprint density at radius 1 is 0.909 bits per heavy atom. The summed E-state index contributed by atoms with van der Waals surface area (Å²) in [4.78, 5) is 28.0. The summed E-state index contributed by atoms with van der Waals surface area (Å²) in [7, 11) is 0. The molecule has 4 rings (SSSR count). The van der Waals surface area contributed by atoms with Crippen molar-refractivity contribution in [3.8, 4) is 0 Å². The number of amides is 2. The van der Waals surface area contributed by atoms with E-state index >= 15 is 0 Å². The van der Waals surface area contributed by atoms with E-state index in [2.05, 4.69) is 11.4 Å². The predicted molar refractivity (Wildman–Crippen MR) is 131 cm³/mol. The van der Waals surface area contributed by atoms with Crippen molar-refractivity contribution in [3.05, 3.63) is 118 Å². The third-order valence-corrected chi connectivity index (χ3v) is 6.00. The van der Waals surface area contributed by atoms with E-state index in [0.717, 1.165) is 22.4 Å². The summed E-state index contributed by atoms with van der Waals surface area (Å²) in [6, 6.07) is 24.9. The van der Waals surface area contributed by atoms with E-state index in [9.17, 15) is 14.0 Å². The second-order valence-corrected chi connectivity index (χ2v) is 8.70. The quantitative estimate of drug-likeness (QED) is 0.357. The van der Waals surface area contributed by atoms with Gasteiger partial charge >= 0.3 is 0 Å². The average molecular weight is 459 g/mol. The number of aryl methyl sites for hydroxylation is 1. The minimum absolute atomic E-state index is 0.0618. The van der Waals surface area contributed by atoms with Crippen LogP contribution < -0.4 is 10.2 Å². The highest BCUT2D eigenvalue weighted by molar-refractivity contribution is 7.12. The molecule has 0 saturated heterocycles. The molecule has 6 heteroatoms. The van der Waals surface area contributed by atoms with Gasteiger partial charge in [0.1, 0.15) is 5.82 Å². The molecule has 0 unspecified atom stereocenters. The van der Waals surface area contributed by atoms with Crippen LogP contribution in [0.4, 0.5) is 15.8 Å². The Kier molecular flexibility index (Phi) is 6.95. The van der Waals surface area contributed by atoms with Gasteiger partial charge in [-0.25, -0.2) is 4.39 Å². The van der Waals surface area contributed by atoms with Crippen LogP contribution in [0.5, 0.6) is 0 Å². The molecule has 1 heterocycles. The molecule has 0 aliphatic heterocycles. The van der Waals surface area contributed by atoms with E-state index < -0.39 is 0 Å². The lowest BCUT2D eigenvalue weighted by molar-refractivity contribution is -0.115. The van der Waals surface area contributed by atoms with Crippen molar-refractivity contribution >= 4 is 34.5 Å². The Morgan fingerprint density at radius 2 is 1.67 bits per heavy atom. The number of rotatable bonds is 7. The van der Waals surface area contributed by atoms with Gasteiger partial charge in [-0.15, -0.1) is 11.3 Å². The van der Waals surface area contributed by atoms with Gasteiger partial charge in [-0.1, -0.05) is 48.0 Å². The normalized spacial score (nSPS) is 10.6. The van der Waals surface area contributed by atoms with Crippen molar-refractivity contribution in [1.82, 2.24) is 0 Å². The van der Waals surface area contributed by atoms with Gasteiger partial charge in [-0.2, -0.15) is 0 Å². The predicted octanol–water partition coefficient (Wildman–Crippen LogP) is 6.22. The molecule has 1 aromatic heterocycles. The Morgan fingerprint density at radius 3 is 2.33 bits per heavy atom. The van der Waals surface area contributed by atoms with Crippen LogP contribution in [0.2, 0.25) is 0 Å². The standard InChI is InChI=1S/C27H23FN2O2S/c1-19-4-2-5-21(16-19)18-30(27(32)25-6-3-15-33-25)24-13-7-20(8-14-24)17-26(31)29-23-11-9-22(28)10-12-23/h2-16H,17-18H2,1H3,(H,29,31). The van der Waals surface area contributed by atoms with Gasteiger partial charge in [0, 0.05) is 11.4 Å². The zero-order valence-corrected chi connectivity index (χ0v) is 18.9. The molecule has 166 valence electrons. The maximum absolute atomic E-state index is 13.2. The number of carbonyl (C=O) groups excluding carboxylic acids is 2. The Balaban J connectivity index is 1.50. The monoisotopic (exact) mass is 458 g/mol. The fourth-order valence-corrected chi connectivity index (χ4v) is 4.20. The number of nitrogens with zero attached hydrogens (tertiary/aromatic N) is 1. The smallest absolute Gasteiger partial charge is 0.268 e. The van der Waals surface area contributed by atoms with Crippen molar-refractivity contribution in [1.29, 1.82) is 0 Å². The Hall–Kier alpha value is -3.77. The van der Waals surface area contributed by atoms with Crippen LogP contribution >= 0.6 is 11.3 Å². The second kappa shape index (κ2) is 10.2. The van der Waals surface area contributed by atoms with Crippen molar-refractivity contribution in [3.63, 3.8) is 0 Å². The molecule has 4 nitrogen and oxygen atoms in total. The van der Waals surface area contributed by atoms with Crippen LogP contribution in [0.3, 0.4) is 0 Å². The fraction of sp³-hybridized carbons (Fsp3) is 0.111. The first-order chi connectivity index (χ1) is 16.0. The maximum atomic E-state index is 13.2. The molecular formula is C27H23FN2O2S. The molecule has 2 amide bonds. The summed E-state index contributed by atoms with van der Waals surface area (Å²) in [5.41, 5.74) is 4.31. The Bertz CT molecular complexity index is 1240. The third-order valence-electron chi connectivity index (χ3n) is 5.14. The van der Waals surface area contributed by atoms with E-state index in [-0.39, 0.29) is 24.1 Å². The summed E-state index contributed by atoms with van der Waals surface area (Å²) in [6.45, 7) is 2.48. The number of nitrogens with one attached hydrogen (secondary N) is 1. The van der Waals surface area contributed by atoms with Gasteiger partial charge in [-0.05, 0) is 65.9 Å². The Labute approximate surface area is 196 Å². The highest BCUT2D eigenvalue weighted by Gasteiger charge is 2.19.